The molecule has 11 rings (SSSR count). The Morgan fingerprint density at radius 3 is 1.20 bits per heavy atom. The molecule has 0 saturated carbocycles. The van der Waals surface area contributed by atoms with Crippen LogP contribution in [0.5, 0.6) is 0 Å². The van der Waals surface area contributed by atoms with Gasteiger partial charge in [0.2, 0.25) is 0 Å². The lowest BCUT2D eigenvalue weighted by atomic mass is 9.95. The Morgan fingerprint density at radius 2 is 0.610 bits per heavy atom. The second-order valence-electron chi connectivity index (χ2n) is 14.9. The summed E-state index contributed by atoms with van der Waals surface area (Å²) in [5.74, 6) is 1.90. The van der Waals surface area contributed by atoms with E-state index >= 15 is 0 Å². The lowest BCUT2D eigenvalue weighted by Crippen LogP contribution is -2.00. The summed E-state index contributed by atoms with van der Waals surface area (Å²) in [6.45, 7) is 0. The fraction of sp³-hybridized carbons (Fsp3) is 0. The summed E-state index contributed by atoms with van der Waals surface area (Å²) in [6.07, 6.45) is 0. The average molecular weight is 754 g/mol. The zero-order valence-corrected chi connectivity index (χ0v) is 32.0. The Labute approximate surface area is 341 Å². The predicted octanol–water partition coefficient (Wildman–Crippen LogP) is 14.6. The average Bonchev–Trinajstić information content (AvgIpc) is 3.68. The van der Waals surface area contributed by atoms with E-state index in [9.17, 15) is 0 Å². The van der Waals surface area contributed by atoms with Crippen molar-refractivity contribution in [3.05, 3.63) is 212 Å². The third-order valence-corrected chi connectivity index (χ3v) is 11.1. The van der Waals surface area contributed by atoms with E-state index < -0.39 is 0 Å². The van der Waals surface area contributed by atoms with E-state index in [1.165, 1.54) is 16.3 Å². The molecule has 0 atom stereocenters. The van der Waals surface area contributed by atoms with Crippen molar-refractivity contribution in [3.63, 3.8) is 0 Å². The van der Waals surface area contributed by atoms with Crippen LogP contribution in [0.15, 0.2) is 217 Å². The van der Waals surface area contributed by atoms with Gasteiger partial charge in [-0.1, -0.05) is 170 Å². The number of aromatic nitrogens is 3. The maximum Gasteiger partial charge on any atom is 0.164 e. The first-order valence-electron chi connectivity index (χ1n) is 19.8. The molecule has 276 valence electrons. The summed E-state index contributed by atoms with van der Waals surface area (Å²) in [5.41, 5.74) is 13.7. The minimum atomic E-state index is 0.627. The standard InChI is InChI=1S/C55H35N3O/c1-3-12-36(13-4-1)37-24-26-39(27-25-37)54-56-53(38-14-5-2-6-15-38)57-55(58-54)48-23-11-22-44(32-48)42-20-9-18-40(30-42)41-19-10-21-43(31-41)47-28-29-51-49(34-47)50-33-45-16-7-8-17-46(45)35-52(50)59-51/h1-35H. The van der Waals surface area contributed by atoms with Gasteiger partial charge in [0.25, 0.3) is 0 Å². The first-order chi connectivity index (χ1) is 29.2. The van der Waals surface area contributed by atoms with Crippen LogP contribution in [-0.2, 0) is 0 Å². The van der Waals surface area contributed by atoms with Crippen molar-refractivity contribution >= 4 is 32.7 Å². The summed E-state index contributed by atoms with van der Waals surface area (Å²) in [5, 5.41) is 4.64. The first-order valence-corrected chi connectivity index (χ1v) is 19.8. The lowest BCUT2D eigenvalue weighted by molar-refractivity contribution is 0.669. The number of hydrogen-bond donors (Lipinski definition) is 0. The third kappa shape index (κ3) is 6.63. The molecule has 2 heterocycles. The zero-order chi connectivity index (χ0) is 39.1. The molecule has 4 nitrogen and oxygen atoms in total. The van der Waals surface area contributed by atoms with E-state index in [0.717, 1.165) is 77.6 Å². The van der Waals surface area contributed by atoms with Gasteiger partial charge in [-0.15, -0.1) is 0 Å². The highest BCUT2D eigenvalue weighted by atomic mass is 16.3. The molecule has 59 heavy (non-hydrogen) atoms. The van der Waals surface area contributed by atoms with Crippen molar-refractivity contribution in [2.24, 2.45) is 0 Å². The van der Waals surface area contributed by atoms with Gasteiger partial charge in [-0.2, -0.15) is 0 Å². The van der Waals surface area contributed by atoms with Crippen LogP contribution in [0, 0.1) is 0 Å². The number of benzene rings is 9. The molecule has 0 N–H and O–H groups in total. The van der Waals surface area contributed by atoms with E-state index in [0.29, 0.717) is 17.5 Å². The Hall–Kier alpha value is -7.95. The van der Waals surface area contributed by atoms with Crippen molar-refractivity contribution in [1.29, 1.82) is 0 Å². The molecule has 4 heteroatoms. The van der Waals surface area contributed by atoms with Crippen molar-refractivity contribution in [2.75, 3.05) is 0 Å². The summed E-state index contributed by atoms with van der Waals surface area (Å²) in [7, 11) is 0. The smallest absolute Gasteiger partial charge is 0.164 e. The van der Waals surface area contributed by atoms with Crippen molar-refractivity contribution in [2.45, 2.75) is 0 Å². The number of nitrogens with zero attached hydrogens (tertiary/aromatic N) is 3. The molecule has 11 aromatic rings. The van der Waals surface area contributed by atoms with Crippen LogP contribution in [0.4, 0.5) is 0 Å². The maximum atomic E-state index is 6.30. The van der Waals surface area contributed by atoms with Crippen molar-refractivity contribution in [3.8, 4) is 78.7 Å². The van der Waals surface area contributed by atoms with Crippen molar-refractivity contribution in [1.82, 2.24) is 15.0 Å². The van der Waals surface area contributed by atoms with Gasteiger partial charge in [-0.25, -0.2) is 15.0 Å². The Bertz CT molecular complexity index is 3320. The van der Waals surface area contributed by atoms with Crippen LogP contribution >= 0.6 is 0 Å². The van der Waals surface area contributed by atoms with Crippen LogP contribution in [0.2, 0.25) is 0 Å². The van der Waals surface area contributed by atoms with Gasteiger partial charge in [0.05, 0.1) is 0 Å². The molecule has 0 fully saturated rings. The van der Waals surface area contributed by atoms with Crippen LogP contribution in [0.1, 0.15) is 0 Å². The molecule has 0 unspecified atom stereocenters. The number of fused-ring (bicyclic) bond motifs is 4. The van der Waals surface area contributed by atoms with Gasteiger partial charge < -0.3 is 4.42 Å². The van der Waals surface area contributed by atoms with Gasteiger partial charge in [0.15, 0.2) is 17.5 Å². The molecule has 0 bridgehead atoms. The minimum absolute atomic E-state index is 0.627. The largest absolute Gasteiger partial charge is 0.456 e. The summed E-state index contributed by atoms with van der Waals surface area (Å²) in [6, 6.07) is 74.2. The van der Waals surface area contributed by atoms with E-state index in [-0.39, 0.29) is 0 Å². The second kappa shape index (κ2) is 14.5. The summed E-state index contributed by atoms with van der Waals surface area (Å²) in [4.78, 5) is 15.0. The predicted molar refractivity (Wildman–Crippen MR) is 243 cm³/mol. The minimum Gasteiger partial charge on any atom is -0.456 e. The number of furan rings is 1. The number of hydrogen-bond acceptors (Lipinski definition) is 4. The van der Waals surface area contributed by atoms with Crippen LogP contribution < -0.4 is 0 Å². The van der Waals surface area contributed by atoms with E-state index in [2.05, 4.69) is 176 Å². The van der Waals surface area contributed by atoms with Gasteiger partial charge in [-0.05, 0) is 97.7 Å². The summed E-state index contributed by atoms with van der Waals surface area (Å²) < 4.78 is 6.30. The molecule has 0 radical (unpaired) electrons. The highest BCUT2D eigenvalue weighted by Gasteiger charge is 2.15. The molecule has 0 spiro atoms. The first kappa shape index (κ1) is 34.3. The second-order valence-corrected chi connectivity index (χ2v) is 14.9. The van der Waals surface area contributed by atoms with E-state index in [4.69, 9.17) is 19.4 Å². The topological polar surface area (TPSA) is 51.8 Å². The van der Waals surface area contributed by atoms with Crippen LogP contribution in [0.25, 0.3) is 111 Å². The Kier molecular flexibility index (Phi) is 8.45. The van der Waals surface area contributed by atoms with Gasteiger partial charge in [0.1, 0.15) is 11.2 Å². The zero-order valence-electron chi connectivity index (χ0n) is 32.0. The SMILES string of the molecule is c1ccc(-c2ccc(-c3nc(-c4ccccc4)nc(-c4cccc(-c5cccc(-c6cccc(-c7ccc8oc9cc%10ccccc%10cc9c8c7)c6)c5)c4)n3)cc2)cc1. The van der Waals surface area contributed by atoms with Gasteiger partial charge in [-0.3, -0.25) is 0 Å². The third-order valence-electron chi connectivity index (χ3n) is 11.1. The number of rotatable bonds is 7. The van der Waals surface area contributed by atoms with Gasteiger partial charge >= 0.3 is 0 Å². The fourth-order valence-electron chi connectivity index (χ4n) is 8.03. The van der Waals surface area contributed by atoms with E-state index in [1.807, 2.05) is 36.4 Å². The normalized spacial score (nSPS) is 11.4. The molecule has 2 aromatic heterocycles. The highest BCUT2D eigenvalue weighted by Crippen LogP contribution is 2.37. The highest BCUT2D eigenvalue weighted by molar-refractivity contribution is 6.11. The summed E-state index contributed by atoms with van der Waals surface area (Å²) >= 11 is 0. The van der Waals surface area contributed by atoms with E-state index in [1.54, 1.807) is 0 Å². The molecule has 0 aliphatic heterocycles. The maximum absolute atomic E-state index is 6.30. The van der Waals surface area contributed by atoms with Crippen LogP contribution in [0.3, 0.4) is 0 Å². The molecule has 0 amide bonds. The van der Waals surface area contributed by atoms with Crippen molar-refractivity contribution < 1.29 is 4.42 Å². The monoisotopic (exact) mass is 753 g/mol. The Balaban J connectivity index is 0.929. The quantitative estimate of drug-likeness (QED) is 0.163. The lowest BCUT2D eigenvalue weighted by Gasteiger charge is -2.11. The molecular formula is C55H35N3O. The van der Waals surface area contributed by atoms with Gasteiger partial charge in [0, 0.05) is 27.5 Å². The molecule has 0 aliphatic rings. The Morgan fingerprint density at radius 1 is 0.237 bits per heavy atom. The molecular weight excluding hydrogens is 719 g/mol. The fourth-order valence-corrected chi connectivity index (χ4v) is 8.03. The van der Waals surface area contributed by atoms with Crippen LogP contribution in [-0.4, -0.2) is 15.0 Å². The molecule has 9 aromatic carbocycles. The molecule has 0 saturated heterocycles. The molecule has 0 aliphatic carbocycles.